The van der Waals surface area contributed by atoms with Crippen molar-refractivity contribution >= 4 is 50.7 Å². The Morgan fingerprint density at radius 1 is 1.06 bits per heavy atom. The average Bonchev–Trinajstić information content (AvgIpc) is 2.74. The van der Waals surface area contributed by atoms with Crippen LogP contribution in [0.1, 0.15) is 30.0 Å². The lowest BCUT2D eigenvalue weighted by Gasteiger charge is -2.33. The molecule has 2 amide bonds. The molecule has 0 radical (unpaired) electrons. The number of anilines is 1. The van der Waals surface area contributed by atoms with Crippen molar-refractivity contribution in [2.45, 2.75) is 39.8 Å². The number of hydrogen-bond acceptors (Lipinski definition) is 4. The van der Waals surface area contributed by atoms with E-state index in [-0.39, 0.29) is 12.5 Å². The summed E-state index contributed by atoms with van der Waals surface area (Å²) in [5.41, 5.74) is 2.57. The van der Waals surface area contributed by atoms with Crippen LogP contribution in [0.15, 0.2) is 36.4 Å². The van der Waals surface area contributed by atoms with Crippen molar-refractivity contribution in [1.29, 1.82) is 0 Å². The van der Waals surface area contributed by atoms with Gasteiger partial charge in [0.2, 0.25) is 21.8 Å². The first-order valence-corrected chi connectivity index (χ1v) is 13.0. The lowest BCUT2D eigenvalue weighted by atomic mass is 10.1. The molecule has 1 atom stereocenters. The zero-order valence-corrected chi connectivity index (χ0v) is 21.7. The molecule has 0 bridgehead atoms. The Balaban J connectivity index is 2.51. The summed E-state index contributed by atoms with van der Waals surface area (Å²) < 4.78 is 26.5. The second kappa shape index (κ2) is 11.2. The number of hydrogen-bond donors (Lipinski definition) is 1. The lowest BCUT2D eigenvalue weighted by molar-refractivity contribution is -0.140. The number of benzene rings is 2. The van der Waals surface area contributed by atoms with Gasteiger partial charge in [-0.1, -0.05) is 54.4 Å². The second-order valence-electron chi connectivity index (χ2n) is 7.82. The molecule has 10 heteroatoms. The molecule has 0 saturated heterocycles. The van der Waals surface area contributed by atoms with Crippen LogP contribution in [0.25, 0.3) is 0 Å². The third-order valence-electron chi connectivity index (χ3n) is 5.34. The first-order chi connectivity index (χ1) is 15.4. The molecule has 0 aromatic heterocycles. The molecule has 33 heavy (non-hydrogen) atoms. The van der Waals surface area contributed by atoms with Gasteiger partial charge in [0, 0.05) is 13.6 Å². The van der Waals surface area contributed by atoms with Crippen LogP contribution in [-0.2, 0) is 26.2 Å². The van der Waals surface area contributed by atoms with E-state index in [0.29, 0.717) is 27.7 Å². The van der Waals surface area contributed by atoms with E-state index in [9.17, 15) is 18.0 Å². The van der Waals surface area contributed by atoms with Crippen molar-refractivity contribution in [2.24, 2.45) is 0 Å². The van der Waals surface area contributed by atoms with E-state index in [4.69, 9.17) is 23.2 Å². The molecule has 0 spiro atoms. The standard InChI is InChI=1S/C23H29Cl2N3O4S/c1-6-20(23(30)26-4)27(13-17-10-11-18(24)19(25)12-17)21(29)14-28(33(5,31)32)22-15(2)8-7-9-16(22)3/h7-12,20H,6,13-14H2,1-5H3,(H,26,30)/t20-/m1/s1. The highest BCUT2D eigenvalue weighted by molar-refractivity contribution is 7.92. The number of para-hydroxylation sites is 1. The SMILES string of the molecule is CC[C@H](C(=O)NC)N(Cc1ccc(Cl)c(Cl)c1)C(=O)CN(c1c(C)cccc1C)S(C)(=O)=O. The summed E-state index contributed by atoms with van der Waals surface area (Å²) in [6.45, 7) is 4.98. The van der Waals surface area contributed by atoms with Gasteiger partial charge in [-0.2, -0.15) is 0 Å². The minimum atomic E-state index is -3.79. The van der Waals surface area contributed by atoms with E-state index < -0.39 is 28.5 Å². The lowest BCUT2D eigenvalue weighted by Crippen LogP contribution is -2.51. The van der Waals surface area contributed by atoms with Crippen LogP contribution in [-0.4, -0.2) is 51.0 Å². The maximum atomic E-state index is 13.6. The zero-order chi connectivity index (χ0) is 24.9. The number of carbonyl (C=O) groups is 2. The van der Waals surface area contributed by atoms with Crippen LogP contribution >= 0.6 is 23.2 Å². The Morgan fingerprint density at radius 3 is 2.15 bits per heavy atom. The first-order valence-electron chi connectivity index (χ1n) is 10.4. The molecule has 0 aliphatic rings. The predicted molar refractivity (Wildman–Crippen MR) is 133 cm³/mol. The molecule has 7 nitrogen and oxygen atoms in total. The molecular formula is C23H29Cl2N3O4S. The van der Waals surface area contributed by atoms with Crippen LogP contribution in [0, 0.1) is 13.8 Å². The van der Waals surface area contributed by atoms with Crippen LogP contribution in [0.3, 0.4) is 0 Å². The molecule has 1 N–H and O–H groups in total. The molecule has 0 saturated carbocycles. The Kier molecular flexibility index (Phi) is 9.17. The topological polar surface area (TPSA) is 86.8 Å². The van der Waals surface area contributed by atoms with Gasteiger partial charge in [0.1, 0.15) is 12.6 Å². The van der Waals surface area contributed by atoms with Crippen molar-refractivity contribution in [3.63, 3.8) is 0 Å². The van der Waals surface area contributed by atoms with Crippen molar-refractivity contribution in [1.82, 2.24) is 10.2 Å². The van der Waals surface area contributed by atoms with Crippen LogP contribution in [0.5, 0.6) is 0 Å². The number of amides is 2. The van der Waals surface area contributed by atoms with Gasteiger partial charge in [0.05, 0.1) is 22.0 Å². The van der Waals surface area contributed by atoms with Gasteiger partial charge in [-0.3, -0.25) is 13.9 Å². The largest absolute Gasteiger partial charge is 0.357 e. The normalized spacial score (nSPS) is 12.2. The molecule has 0 aliphatic carbocycles. The molecule has 0 fully saturated rings. The van der Waals surface area contributed by atoms with Crippen LogP contribution in [0.4, 0.5) is 5.69 Å². The quantitative estimate of drug-likeness (QED) is 0.550. The summed E-state index contributed by atoms with van der Waals surface area (Å²) in [5.74, 6) is -0.853. The Labute approximate surface area is 205 Å². The minimum absolute atomic E-state index is 0.0615. The van der Waals surface area contributed by atoms with E-state index in [1.807, 2.05) is 6.07 Å². The van der Waals surface area contributed by atoms with E-state index in [2.05, 4.69) is 5.32 Å². The molecule has 2 aromatic rings. The van der Waals surface area contributed by atoms with Gasteiger partial charge >= 0.3 is 0 Å². The molecule has 0 heterocycles. The number of rotatable bonds is 9. The van der Waals surface area contributed by atoms with Crippen LogP contribution in [0.2, 0.25) is 10.0 Å². The molecule has 2 rings (SSSR count). The predicted octanol–water partition coefficient (Wildman–Crippen LogP) is 3.93. The van der Waals surface area contributed by atoms with E-state index >= 15 is 0 Å². The number of aryl methyl sites for hydroxylation is 2. The fourth-order valence-electron chi connectivity index (χ4n) is 3.70. The van der Waals surface area contributed by atoms with Gasteiger partial charge in [0.25, 0.3) is 0 Å². The number of sulfonamides is 1. The maximum absolute atomic E-state index is 13.6. The van der Waals surface area contributed by atoms with Gasteiger partial charge in [-0.05, 0) is 49.1 Å². The summed E-state index contributed by atoms with van der Waals surface area (Å²) in [4.78, 5) is 27.5. The summed E-state index contributed by atoms with van der Waals surface area (Å²) in [7, 11) is -2.30. The van der Waals surface area contributed by atoms with Crippen molar-refractivity contribution in [3.05, 3.63) is 63.1 Å². The highest BCUT2D eigenvalue weighted by Crippen LogP contribution is 2.28. The van der Waals surface area contributed by atoms with Gasteiger partial charge in [-0.25, -0.2) is 8.42 Å². The third kappa shape index (κ3) is 6.62. The molecule has 180 valence electrons. The van der Waals surface area contributed by atoms with E-state index in [0.717, 1.165) is 21.7 Å². The summed E-state index contributed by atoms with van der Waals surface area (Å²) in [6.07, 6.45) is 1.40. The van der Waals surface area contributed by atoms with E-state index in [1.54, 1.807) is 51.1 Å². The van der Waals surface area contributed by atoms with Gasteiger partial charge < -0.3 is 10.2 Å². The number of halogens is 2. The zero-order valence-electron chi connectivity index (χ0n) is 19.4. The highest BCUT2D eigenvalue weighted by atomic mass is 35.5. The Bertz CT molecular complexity index is 1120. The number of likely N-dealkylation sites (N-methyl/N-ethyl adjacent to an activating group) is 1. The van der Waals surface area contributed by atoms with Crippen molar-refractivity contribution < 1.29 is 18.0 Å². The summed E-state index contributed by atoms with van der Waals surface area (Å²) in [5, 5.41) is 3.27. The molecule has 2 aromatic carbocycles. The summed E-state index contributed by atoms with van der Waals surface area (Å²) >= 11 is 12.1. The van der Waals surface area contributed by atoms with Gasteiger partial charge in [0.15, 0.2) is 0 Å². The number of nitrogens with one attached hydrogen (secondary N) is 1. The van der Waals surface area contributed by atoms with Crippen molar-refractivity contribution in [3.8, 4) is 0 Å². The molecule has 0 unspecified atom stereocenters. The monoisotopic (exact) mass is 513 g/mol. The van der Waals surface area contributed by atoms with Gasteiger partial charge in [-0.15, -0.1) is 0 Å². The second-order valence-corrected chi connectivity index (χ2v) is 10.5. The molecule has 0 aliphatic heterocycles. The highest BCUT2D eigenvalue weighted by Gasteiger charge is 2.32. The fourth-order valence-corrected chi connectivity index (χ4v) is 4.98. The van der Waals surface area contributed by atoms with Crippen LogP contribution < -0.4 is 9.62 Å². The summed E-state index contributed by atoms with van der Waals surface area (Å²) in [6, 6.07) is 9.56. The Hall–Kier alpha value is -2.29. The third-order valence-corrected chi connectivity index (χ3v) is 7.19. The maximum Gasteiger partial charge on any atom is 0.244 e. The fraction of sp³-hybridized carbons (Fsp3) is 0.391. The smallest absolute Gasteiger partial charge is 0.244 e. The number of nitrogens with zero attached hydrogens (tertiary/aromatic N) is 2. The van der Waals surface area contributed by atoms with Crippen molar-refractivity contribution in [2.75, 3.05) is 24.2 Å². The molecular weight excluding hydrogens is 485 g/mol. The first kappa shape index (κ1) is 27.0. The number of carbonyl (C=O) groups excluding carboxylic acids is 2. The van der Waals surface area contributed by atoms with E-state index in [1.165, 1.54) is 11.9 Å². The average molecular weight is 514 g/mol. The Morgan fingerprint density at radius 2 is 1.67 bits per heavy atom. The minimum Gasteiger partial charge on any atom is -0.357 e.